The number of fused-ring (bicyclic) bond motifs is 1. The summed E-state index contributed by atoms with van der Waals surface area (Å²) < 4.78 is 54.3. The highest BCUT2D eigenvalue weighted by atomic mass is 35.5. The van der Waals surface area contributed by atoms with Crippen LogP contribution >= 0.6 is 11.6 Å². The van der Waals surface area contributed by atoms with Crippen molar-refractivity contribution in [2.24, 2.45) is 0 Å². The summed E-state index contributed by atoms with van der Waals surface area (Å²) in [5, 5.41) is 1.75. The number of amides is 1. The molecule has 1 atom stereocenters. The van der Waals surface area contributed by atoms with Crippen LogP contribution in [0.1, 0.15) is 20.8 Å². The number of hydrogen-bond acceptors (Lipinski definition) is 4. The van der Waals surface area contributed by atoms with Gasteiger partial charge in [0.05, 0.1) is 0 Å². The Morgan fingerprint density at radius 2 is 1.82 bits per heavy atom. The molecule has 1 aromatic carbocycles. The molecule has 1 N–H and O–H groups in total. The number of alkyl halides is 3. The van der Waals surface area contributed by atoms with Crippen molar-refractivity contribution in [1.29, 1.82) is 0 Å². The van der Waals surface area contributed by atoms with Crippen LogP contribution in [0.3, 0.4) is 0 Å². The monoisotopic (exact) mass is 339 g/mol. The maximum absolute atomic E-state index is 13.3. The molecule has 2 rings (SSSR count). The summed E-state index contributed by atoms with van der Waals surface area (Å²) in [6, 6.07) is 3.70. The number of ether oxygens (including phenoxy) is 3. The Bertz CT molecular complexity index is 600. The lowest BCUT2D eigenvalue weighted by molar-refractivity contribution is -0.319. The van der Waals surface area contributed by atoms with Crippen LogP contribution < -0.4 is 14.8 Å². The second-order valence-electron chi connectivity index (χ2n) is 5.54. The van der Waals surface area contributed by atoms with E-state index in [0.29, 0.717) is 0 Å². The van der Waals surface area contributed by atoms with Crippen molar-refractivity contribution in [3.8, 4) is 11.5 Å². The molecule has 122 valence electrons. The molecule has 1 aromatic rings. The molecule has 1 aliphatic heterocycles. The van der Waals surface area contributed by atoms with Crippen molar-refractivity contribution < 1.29 is 32.2 Å². The first-order chi connectivity index (χ1) is 9.92. The highest BCUT2D eigenvalue weighted by Gasteiger charge is 2.66. The zero-order valence-electron chi connectivity index (χ0n) is 11.9. The Morgan fingerprint density at radius 3 is 2.36 bits per heavy atom. The average Bonchev–Trinajstić information content (AvgIpc) is 2.63. The molecule has 0 radical (unpaired) electrons. The third kappa shape index (κ3) is 3.32. The van der Waals surface area contributed by atoms with Crippen molar-refractivity contribution in [3.05, 3.63) is 23.2 Å². The summed E-state index contributed by atoms with van der Waals surface area (Å²) in [6.07, 6.45) is -6.38. The summed E-state index contributed by atoms with van der Waals surface area (Å²) in [6.45, 7) is 4.53. The second-order valence-corrected chi connectivity index (χ2v) is 5.97. The minimum absolute atomic E-state index is 0.164. The molecule has 5 nitrogen and oxygen atoms in total. The molecular weight excluding hydrogens is 327 g/mol. The SMILES string of the molecule is CC(C)(C)OC(=O)NC1(C(F)(F)F)Oc2ccc(Cl)cc2O1. The van der Waals surface area contributed by atoms with Gasteiger partial charge in [0.1, 0.15) is 5.60 Å². The normalized spacial score (nSPS) is 20.7. The Labute approximate surface area is 129 Å². The van der Waals surface area contributed by atoms with Crippen LogP contribution in [-0.2, 0) is 4.74 Å². The number of carbonyl (C=O) groups excluding carboxylic acids is 1. The summed E-state index contributed by atoms with van der Waals surface area (Å²) in [5.74, 6) is -3.79. The van der Waals surface area contributed by atoms with Crippen molar-refractivity contribution in [2.45, 2.75) is 38.5 Å². The molecule has 22 heavy (non-hydrogen) atoms. The number of nitrogens with one attached hydrogen (secondary N) is 1. The van der Waals surface area contributed by atoms with E-state index in [1.807, 2.05) is 0 Å². The zero-order valence-corrected chi connectivity index (χ0v) is 12.6. The van der Waals surface area contributed by atoms with E-state index in [-0.39, 0.29) is 16.5 Å². The fourth-order valence-electron chi connectivity index (χ4n) is 1.65. The average molecular weight is 340 g/mol. The third-order valence-corrected chi connectivity index (χ3v) is 2.69. The second kappa shape index (κ2) is 5.12. The molecule has 0 aliphatic carbocycles. The van der Waals surface area contributed by atoms with Gasteiger partial charge in [-0.25, -0.2) is 10.1 Å². The van der Waals surface area contributed by atoms with Crippen LogP contribution in [0.4, 0.5) is 18.0 Å². The van der Waals surface area contributed by atoms with Gasteiger partial charge in [0.2, 0.25) is 0 Å². The Balaban J connectivity index is 2.28. The van der Waals surface area contributed by atoms with Crippen LogP contribution in [0.25, 0.3) is 0 Å². The molecule has 0 bridgehead atoms. The first-order valence-corrected chi connectivity index (χ1v) is 6.55. The van der Waals surface area contributed by atoms with Gasteiger partial charge in [0.15, 0.2) is 11.5 Å². The first-order valence-electron chi connectivity index (χ1n) is 6.17. The minimum Gasteiger partial charge on any atom is -0.444 e. The molecular formula is C13H13ClF3NO4. The standard InChI is InChI=1S/C13H13ClF3NO4/c1-11(2,3)22-10(19)18-13(12(15,16)17)20-8-5-4-7(14)6-9(8)21-13/h4-6H,1-3H3,(H,18,19). The van der Waals surface area contributed by atoms with Gasteiger partial charge >= 0.3 is 18.2 Å². The van der Waals surface area contributed by atoms with E-state index >= 15 is 0 Å². The molecule has 0 aromatic heterocycles. The number of hydrogen-bond donors (Lipinski definition) is 1. The molecule has 1 amide bonds. The van der Waals surface area contributed by atoms with Crippen LogP contribution in [0.5, 0.6) is 11.5 Å². The molecule has 0 saturated heterocycles. The smallest absolute Gasteiger partial charge is 0.444 e. The number of alkyl carbamates (subject to hydrolysis) is 1. The zero-order chi connectivity index (χ0) is 16.8. The molecule has 0 saturated carbocycles. The molecule has 1 aliphatic rings. The van der Waals surface area contributed by atoms with Crippen LogP contribution in [0, 0.1) is 0 Å². The lowest BCUT2D eigenvalue weighted by Gasteiger charge is -2.30. The number of halogens is 4. The van der Waals surface area contributed by atoms with Crippen LogP contribution in [0.15, 0.2) is 18.2 Å². The maximum atomic E-state index is 13.3. The van der Waals surface area contributed by atoms with Crippen molar-refractivity contribution >= 4 is 17.7 Å². The molecule has 0 fully saturated rings. The predicted octanol–water partition coefficient (Wildman–Crippen LogP) is 3.85. The Kier molecular flexibility index (Phi) is 3.85. The van der Waals surface area contributed by atoms with Gasteiger partial charge in [0.25, 0.3) is 0 Å². The summed E-state index contributed by atoms with van der Waals surface area (Å²) in [5.41, 5.74) is -0.981. The Morgan fingerprint density at radius 1 is 1.23 bits per heavy atom. The number of carbonyl (C=O) groups is 1. The summed E-state index contributed by atoms with van der Waals surface area (Å²) >= 11 is 5.69. The predicted molar refractivity (Wildman–Crippen MR) is 70.9 cm³/mol. The topological polar surface area (TPSA) is 56.8 Å². The quantitative estimate of drug-likeness (QED) is 0.844. The fourth-order valence-corrected chi connectivity index (χ4v) is 1.81. The number of rotatable bonds is 1. The molecule has 0 spiro atoms. The van der Waals surface area contributed by atoms with Gasteiger partial charge in [-0.3, -0.25) is 0 Å². The van der Waals surface area contributed by atoms with Crippen molar-refractivity contribution in [2.75, 3.05) is 0 Å². The van der Waals surface area contributed by atoms with Crippen molar-refractivity contribution in [1.82, 2.24) is 5.32 Å². The highest BCUT2D eigenvalue weighted by Crippen LogP contribution is 2.46. The van der Waals surface area contributed by atoms with E-state index in [0.717, 1.165) is 6.07 Å². The van der Waals surface area contributed by atoms with Gasteiger partial charge in [-0.1, -0.05) is 11.6 Å². The van der Waals surface area contributed by atoms with Crippen molar-refractivity contribution in [3.63, 3.8) is 0 Å². The van der Waals surface area contributed by atoms with Gasteiger partial charge < -0.3 is 14.2 Å². The third-order valence-electron chi connectivity index (χ3n) is 2.45. The minimum atomic E-state index is -5.05. The van der Waals surface area contributed by atoms with E-state index in [4.69, 9.17) is 25.8 Å². The lowest BCUT2D eigenvalue weighted by Crippen LogP contribution is -2.65. The molecule has 1 unspecified atom stereocenters. The molecule has 9 heteroatoms. The van der Waals surface area contributed by atoms with E-state index in [1.54, 1.807) is 5.32 Å². The van der Waals surface area contributed by atoms with E-state index in [1.165, 1.54) is 32.9 Å². The van der Waals surface area contributed by atoms with Gasteiger partial charge in [-0.15, -0.1) is 0 Å². The molecule has 1 heterocycles. The summed E-state index contributed by atoms with van der Waals surface area (Å²) in [4.78, 5) is 11.7. The maximum Gasteiger partial charge on any atom is 0.492 e. The van der Waals surface area contributed by atoms with Crippen LogP contribution in [-0.4, -0.2) is 23.8 Å². The first kappa shape index (κ1) is 16.5. The lowest BCUT2D eigenvalue weighted by atomic mass is 10.2. The van der Waals surface area contributed by atoms with Gasteiger partial charge in [-0.2, -0.15) is 13.2 Å². The highest BCUT2D eigenvalue weighted by molar-refractivity contribution is 6.30. The fraction of sp³-hybridized carbons (Fsp3) is 0.462. The van der Waals surface area contributed by atoms with E-state index in [2.05, 4.69) is 0 Å². The van der Waals surface area contributed by atoms with Gasteiger partial charge in [-0.05, 0) is 32.9 Å². The van der Waals surface area contributed by atoms with E-state index < -0.39 is 23.8 Å². The Hall–Kier alpha value is -1.83. The largest absolute Gasteiger partial charge is 0.492 e. The van der Waals surface area contributed by atoms with E-state index in [9.17, 15) is 18.0 Å². The number of benzene rings is 1. The van der Waals surface area contributed by atoms with Crippen LogP contribution in [0.2, 0.25) is 5.02 Å². The van der Waals surface area contributed by atoms with Gasteiger partial charge in [0, 0.05) is 11.1 Å². The summed E-state index contributed by atoms with van der Waals surface area (Å²) in [7, 11) is 0.